The number of aryl methyl sites for hydroxylation is 1. The van der Waals surface area contributed by atoms with Gasteiger partial charge >= 0.3 is 0 Å². The van der Waals surface area contributed by atoms with Crippen molar-refractivity contribution in [3.8, 4) is 0 Å². The van der Waals surface area contributed by atoms with Gasteiger partial charge in [-0.25, -0.2) is 4.98 Å². The molecule has 1 fully saturated rings. The first kappa shape index (κ1) is 15.0. The van der Waals surface area contributed by atoms with Crippen LogP contribution in [0.1, 0.15) is 54.8 Å². The highest BCUT2D eigenvalue weighted by Crippen LogP contribution is 2.33. The molecule has 0 saturated heterocycles. The summed E-state index contributed by atoms with van der Waals surface area (Å²) in [5.41, 5.74) is 3.35. The summed E-state index contributed by atoms with van der Waals surface area (Å²) in [5.74, 6) is 1.44. The summed E-state index contributed by atoms with van der Waals surface area (Å²) in [6.07, 6.45) is 10.3. The molecule has 3 rings (SSSR count). The van der Waals surface area contributed by atoms with Crippen LogP contribution in [0.5, 0.6) is 0 Å². The van der Waals surface area contributed by atoms with Crippen LogP contribution in [-0.4, -0.2) is 19.9 Å². The van der Waals surface area contributed by atoms with Crippen molar-refractivity contribution >= 4 is 5.82 Å². The lowest BCUT2D eigenvalue weighted by atomic mass is 9.85. The van der Waals surface area contributed by atoms with Crippen LogP contribution >= 0.6 is 0 Å². The number of aromatic nitrogens is 3. The van der Waals surface area contributed by atoms with Gasteiger partial charge in [0.25, 0.3) is 0 Å². The topological polar surface area (TPSA) is 63.0 Å². The fourth-order valence-corrected chi connectivity index (χ4v) is 3.22. The molecule has 0 amide bonds. The first-order valence-corrected chi connectivity index (χ1v) is 8.08. The maximum atomic E-state index is 9.05. The summed E-state index contributed by atoms with van der Waals surface area (Å²) in [6, 6.07) is 3.79. The van der Waals surface area contributed by atoms with Crippen LogP contribution in [0.4, 0.5) is 5.82 Å². The van der Waals surface area contributed by atoms with E-state index in [9.17, 15) is 0 Å². The van der Waals surface area contributed by atoms with Crippen LogP contribution in [0.3, 0.4) is 0 Å². The molecule has 22 heavy (non-hydrogen) atoms. The third kappa shape index (κ3) is 3.47. The van der Waals surface area contributed by atoms with Gasteiger partial charge in [-0.2, -0.15) is 5.10 Å². The van der Waals surface area contributed by atoms with Crippen LogP contribution in [0.2, 0.25) is 0 Å². The first-order chi connectivity index (χ1) is 10.8. The summed E-state index contributed by atoms with van der Waals surface area (Å²) in [4.78, 5) is 4.32. The zero-order valence-electron chi connectivity index (χ0n) is 13.1. The molecule has 2 aromatic heterocycles. The largest absolute Gasteiger partial charge is 0.392 e. The van der Waals surface area contributed by atoms with Crippen molar-refractivity contribution < 1.29 is 5.11 Å². The van der Waals surface area contributed by atoms with E-state index in [4.69, 9.17) is 10.2 Å². The minimum atomic E-state index is 0.0295. The quantitative estimate of drug-likeness (QED) is 0.891. The molecule has 5 nitrogen and oxygen atoms in total. The molecule has 0 atom stereocenters. The molecule has 118 valence electrons. The van der Waals surface area contributed by atoms with E-state index in [1.54, 1.807) is 6.20 Å². The molecule has 0 radical (unpaired) electrons. The smallest absolute Gasteiger partial charge is 0.126 e. The molecule has 5 heteroatoms. The number of rotatable bonds is 5. The number of nitrogens with zero attached hydrogens (tertiary/aromatic N) is 3. The zero-order valence-corrected chi connectivity index (χ0v) is 13.1. The zero-order chi connectivity index (χ0) is 15.4. The second-order valence-electron chi connectivity index (χ2n) is 6.11. The lowest BCUT2D eigenvalue weighted by Crippen LogP contribution is -2.10. The van der Waals surface area contributed by atoms with Gasteiger partial charge in [-0.05, 0) is 24.5 Å². The van der Waals surface area contributed by atoms with E-state index < -0.39 is 0 Å². The number of hydrogen-bond acceptors (Lipinski definition) is 4. The molecule has 0 bridgehead atoms. The summed E-state index contributed by atoms with van der Waals surface area (Å²) in [5, 5.41) is 17.1. The lowest BCUT2D eigenvalue weighted by molar-refractivity contribution is 0.281. The van der Waals surface area contributed by atoms with Gasteiger partial charge in [-0.1, -0.05) is 25.3 Å². The third-order valence-corrected chi connectivity index (χ3v) is 4.40. The van der Waals surface area contributed by atoms with Crippen molar-refractivity contribution in [3.05, 3.63) is 41.3 Å². The Hall–Kier alpha value is -1.88. The molecular formula is C17H24N4O. The van der Waals surface area contributed by atoms with Crippen LogP contribution in [0.15, 0.2) is 24.5 Å². The molecule has 0 unspecified atom stereocenters. The van der Waals surface area contributed by atoms with Crippen LogP contribution in [0, 0.1) is 0 Å². The van der Waals surface area contributed by atoms with Gasteiger partial charge < -0.3 is 10.4 Å². The Morgan fingerprint density at radius 1 is 1.27 bits per heavy atom. The maximum absolute atomic E-state index is 9.05. The van der Waals surface area contributed by atoms with E-state index in [0.29, 0.717) is 5.92 Å². The van der Waals surface area contributed by atoms with Crippen molar-refractivity contribution in [2.24, 2.45) is 7.05 Å². The highest BCUT2D eigenvalue weighted by molar-refractivity contribution is 5.37. The Labute approximate surface area is 131 Å². The molecule has 0 aromatic carbocycles. The first-order valence-electron chi connectivity index (χ1n) is 8.08. The Kier molecular flexibility index (Phi) is 4.73. The number of aliphatic hydroxyl groups is 1. The molecule has 1 saturated carbocycles. The van der Waals surface area contributed by atoms with Gasteiger partial charge in [0.05, 0.1) is 12.3 Å². The number of nitrogens with one attached hydrogen (secondary N) is 1. The Balaban J connectivity index is 1.68. The van der Waals surface area contributed by atoms with E-state index in [-0.39, 0.29) is 6.61 Å². The highest BCUT2D eigenvalue weighted by atomic mass is 16.3. The highest BCUT2D eigenvalue weighted by Gasteiger charge is 2.21. The fourth-order valence-electron chi connectivity index (χ4n) is 3.22. The molecular weight excluding hydrogens is 276 g/mol. The molecule has 0 aliphatic heterocycles. The summed E-state index contributed by atoms with van der Waals surface area (Å²) < 4.78 is 1.92. The fraction of sp³-hybridized carbons (Fsp3) is 0.529. The molecule has 2 N–H and O–H groups in total. The number of pyridine rings is 1. The number of anilines is 1. The average molecular weight is 300 g/mol. The monoisotopic (exact) mass is 300 g/mol. The Morgan fingerprint density at radius 3 is 2.77 bits per heavy atom. The van der Waals surface area contributed by atoms with Gasteiger partial charge in [0.2, 0.25) is 0 Å². The van der Waals surface area contributed by atoms with Crippen molar-refractivity contribution in [1.29, 1.82) is 0 Å². The Bertz CT molecular complexity index is 600. The molecule has 0 spiro atoms. The van der Waals surface area contributed by atoms with Crippen molar-refractivity contribution in [1.82, 2.24) is 14.8 Å². The predicted octanol–water partition coefficient (Wildman–Crippen LogP) is 2.97. The van der Waals surface area contributed by atoms with Gasteiger partial charge in [-0.15, -0.1) is 0 Å². The van der Waals surface area contributed by atoms with Gasteiger partial charge in [0, 0.05) is 37.5 Å². The van der Waals surface area contributed by atoms with Crippen molar-refractivity contribution in [3.63, 3.8) is 0 Å². The van der Waals surface area contributed by atoms with Crippen LogP contribution < -0.4 is 5.32 Å². The second kappa shape index (κ2) is 6.92. The number of hydrogen-bond donors (Lipinski definition) is 2. The van der Waals surface area contributed by atoms with Crippen molar-refractivity contribution in [2.45, 2.75) is 51.2 Å². The summed E-state index contributed by atoms with van der Waals surface area (Å²) >= 11 is 0. The SMILES string of the molecule is Cn1cc(CNc2ccc(CO)cn2)c(C2CCCCC2)n1. The standard InChI is InChI=1S/C17H24N4O/c1-21-11-15(17(20-21)14-5-3-2-4-6-14)10-19-16-8-7-13(12-22)9-18-16/h7-9,11,14,22H,2-6,10,12H2,1H3,(H,18,19). The Morgan fingerprint density at radius 2 is 2.09 bits per heavy atom. The van der Waals surface area contributed by atoms with Gasteiger partial charge in [0.15, 0.2) is 0 Å². The second-order valence-corrected chi connectivity index (χ2v) is 6.11. The van der Waals surface area contributed by atoms with E-state index in [1.807, 2.05) is 23.9 Å². The predicted molar refractivity (Wildman–Crippen MR) is 86.5 cm³/mol. The van der Waals surface area contributed by atoms with Crippen molar-refractivity contribution in [2.75, 3.05) is 5.32 Å². The van der Waals surface area contributed by atoms with Crippen LogP contribution in [-0.2, 0) is 20.2 Å². The van der Waals surface area contributed by atoms with Gasteiger partial charge in [0.1, 0.15) is 5.82 Å². The maximum Gasteiger partial charge on any atom is 0.126 e. The molecule has 2 heterocycles. The summed E-state index contributed by atoms with van der Waals surface area (Å²) in [6.45, 7) is 0.771. The minimum absolute atomic E-state index is 0.0295. The molecule has 1 aliphatic carbocycles. The minimum Gasteiger partial charge on any atom is -0.392 e. The lowest BCUT2D eigenvalue weighted by Gasteiger charge is -2.21. The van der Waals surface area contributed by atoms with E-state index >= 15 is 0 Å². The van der Waals surface area contributed by atoms with Gasteiger partial charge in [-0.3, -0.25) is 4.68 Å². The normalized spacial score (nSPS) is 15.9. The summed E-state index contributed by atoms with van der Waals surface area (Å²) in [7, 11) is 1.99. The molecule has 1 aliphatic rings. The molecule has 2 aromatic rings. The van der Waals surface area contributed by atoms with E-state index in [2.05, 4.69) is 16.5 Å². The third-order valence-electron chi connectivity index (χ3n) is 4.40. The van der Waals surface area contributed by atoms with Crippen LogP contribution in [0.25, 0.3) is 0 Å². The number of aliphatic hydroxyl groups excluding tert-OH is 1. The average Bonchev–Trinajstić information content (AvgIpc) is 2.95. The van der Waals surface area contributed by atoms with E-state index in [0.717, 1.165) is 17.9 Å². The van der Waals surface area contributed by atoms with E-state index in [1.165, 1.54) is 43.4 Å².